The van der Waals surface area contributed by atoms with Crippen molar-refractivity contribution in [2.45, 2.75) is 50.6 Å². The Morgan fingerprint density at radius 1 is 1.31 bits per heavy atom. The second-order valence-corrected chi connectivity index (χ2v) is 7.90. The number of nitrogens with zero attached hydrogens (tertiary/aromatic N) is 1. The molecular formula is C21H25N3O2. The van der Waals surface area contributed by atoms with E-state index in [4.69, 9.17) is 0 Å². The summed E-state index contributed by atoms with van der Waals surface area (Å²) in [4.78, 5) is 30.6. The maximum Gasteiger partial charge on any atom is 0.246 e. The number of allylic oxidation sites excluding steroid dienone is 1. The van der Waals surface area contributed by atoms with Crippen molar-refractivity contribution in [1.82, 2.24) is 15.2 Å². The molecule has 1 unspecified atom stereocenters. The minimum absolute atomic E-state index is 0.0172. The molecule has 2 N–H and O–H groups in total. The molecule has 5 nitrogen and oxygen atoms in total. The van der Waals surface area contributed by atoms with E-state index in [1.807, 2.05) is 24.3 Å². The molecule has 26 heavy (non-hydrogen) atoms. The number of nitrogens with one attached hydrogen (secondary N) is 2. The van der Waals surface area contributed by atoms with Crippen molar-refractivity contribution < 1.29 is 9.59 Å². The van der Waals surface area contributed by atoms with Gasteiger partial charge in [-0.15, -0.1) is 6.58 Å². The quantitative estimate of drug-likeness (QED) is 0.832. The van der Waals surface area contributed by atoms with E-state index < -0.39 is 6.04 Å². The molecule has 3 heterocycles. The minimum Gasteiger partial charge on any atom is -0.357 e. The van der Waals surface area contributed by atoms with Crippen LogP contribution in [-0.2, 0) is 21.4 Å². The van der Waals surface area contributed by atoms with Crippen LogP contribution in [0.5, 0.6) is 0 Å². The van der Waals surface area contributed by atoms with E-state index >= 15 is 0 Å². The molecule has 2 amide bonds. The third kappa shape index (κ3) is 2.54. The van der Waals surface area contributed by atoms with Gasteiger partial charge in [-0.25, -0.2) is 0 Å². The molecule has 2 atom stereocenters. The molecule has 2 fully saturated rings. The van der Waals surface area contributed by atoms with Crippen molar-refractivity contribution in [2.24, 2.45) is 0 Å². The average Bonchev–Trinajstić information content (AvgIpc) is 3.25. The van der Waals surface area contributed by atoms with E-state index in [0.29, 0.717) is 13.0 Å². The van der Waals surface area contributed by atoms with Gasteiger partial charge in [0.25, 0.3) is 0 Å². The fourth-order valence-corrected chi connectivity index (χ4v) is 4.24. The molecule has 2 aromatic rings. The number of amides is 2. The number of piperazine rings is 1. The number of rotatable bonds is 4. The molecular weight excluding hydrogens is 326 g/mol. The number of aromatic nitrogens is 1. The van der Waals surface area contributed by atoms with E-state index in [-0.39, 0.29) is 23.3 Å². The van der Waals surface area contributed by atoms with Crippen LogP contribution in [0, 0.1) is 0 Å². The number of carbonyl (C=O) groups is 2. The van der Waals surface area contributed by atoms with E-state index in [2.05, 4.69) is 36.8 Å². The highest BCUT2D eigenvalue weighted by atomic mass is 16.2. The van der Waals surface area contributed by atoms with Gasteiger partial charge in [0.05, 0.1) is 0 Å². The number of hydrogen-bond acceptors (Lipinski definition) is 2. The van der Waals surface area contributed by atoms with Crippen molar-refractivity contribution in [1.29, 1.82) is 0 Å². The van der Waals surface area contributed by atoms with E-state index in [1.54, 1.807) is 4.90 Å². The Morgan fingerprint density at radius 2 is 2.08 bits per heavy atom. The third-order valence-corrected chi connectivity index (χ3v) is 5.83. The molecule has 2 aliphatic heterocycles. The van der Waals surface area contributed by atoms with Gasteiger partial charge in [-0.1, -0.05) is 38.1 Å². The number of hydrogen-bond donors (Lipinski definition) is 2. The van der Waals surface area contributed by atoms with E-state index in [0.717, 1.165) is 35.0 Å². The molecule has 2 saturated heterocycles. The Balaban J connectivity index is 1.75. The predicted molar refractivity (Wildman–Crippen MR) is 102 cm³/mol. The SMILES string of the molecule is C=CC(C)(C)c1[nH]c2ccccc2c1C[C@@H]1NC(=O)C2CCCN2C1=O. The molecule has 0 aliphatic carbocycles. The second-order valence-electron chi connectivity index (χ2n) is 7.90. The zero-order valence-corrected chi connectivity index (χ0v) is 15.3. The maximum atomic E-state index is 12.9. The lowest BCUT2D eigenvalue weighted by molar-refractivity contribution is -0.146. The number of H-pyrrole nitrogens is 1. The van der Waals surface area contributed by atoms with Crippen LogP contribution in [0.4, 0.5) is 0 Å². The van der Waals surface area contributed by atoms with Crippen LogP contribution in [0.25, 0.3) is 10.9 Å². The van der Waals surface area contributed by atoms with Crippen molar-refractivity contribution in [2.75, 3.05) is 6.54 Å². The normalized spacial score (nSPS) is 23.2. The smallest absolute Gasteiger partial charge is 0.246 e. The number of benzene rings is 1. The van der Waals surface area contributed by atoms with Gasteiger partial charge in [-0.05, 0) is 24.5 Å². The predicted octanol–water partition coefficient (Wildman–Crippen LogP) is 2.66. The Morgan fingerprint density at radius 3 is 2.85 bits per heavy atom. The Labute approximate surface area is 153 Å². The molecule has 0 saturated carbocycles. The van der Waals surface area contributed by atoms with Gasteiger partial charge in [0.15, 0.2) is 0 Å². The number of aromatic amines is 1. The lowest BCUT2D eigenvalue weighted by Gasteiger charge is -2.35. The first-order valence-electron chi connectivity index (χ1n) is 9.27. The van der Waals surface area contributed by atoms with Gasteiger partial charge in [0.2, 0.25) is 11.8 Å². The van der Waals surface area contributed by atoms with Crippen LogP contribution in [0.15, 0.2) is 36.9 Å². The molecule has 1 aromatic heterocycles. The van der Waals surface area contributed by atoms with Gasteiger partial charge in [-0.3, -0.25) is 9.59 Å². The van der Waals surface area contributed by atoms with E-state index in [9.17, 15) is 9.59 Å². The summed E-state index contributed by atoms with van der Waals surface area (Å²) >= 11 is 0. The molecule has 0 spiro atoms. The zero-order valence-electron chi connectivity index (χ0n) is 15.3. The number of carbonyl (C=O) groups excluding carboxylic acids is 2. The molecule has 0 bridgehead atoms. The lowest BCUT2D eigenvalue weighted by Crippen LogP contribution is -2.61. The third-order valence-electron chi connectivity index (χ3n) is 5.83. The summed E-state index contributed by atoms with van der Waals surface area (Å²) < 4.78 is 0. The van der Waals surface area contributed by atoms with Gasteiger partial charge >= 0.3 is 0 Å². The first-order chi connectivity index (χ1) is 12.4. The minimum atomic E-state index is -0.504. The summed E-state index contributed by atoms with van der Waals surface area (Å²) in [6.45, 7) is 8.87. The standard InChI is InChI=1S/C21H25N3O2/c1-4-21(2,3)18-14(13-8-5-6-9-15(13)22-18)12-16-20(26)24-11-7-10-17(24)19(25)23-16/h4-6,8-9,16-17,22H,1,7,10-12H2,2-3H3,(H,23,25)/t16-,17?/m0/s1. The van der Waals surface area contributed by atoms with Gasteiger partial charge in [0, 0.05) is 35.0 Å². The van der Waals surface area contributed by atoms with Crippen molar-refractivity contribution in [3.05, 3.63) is 48.2 Å². The van der Waals surface area contributed by atoms with Gasteiger partial charge in [-0.2, -0.15) is 0 Å². The Bertz CT molecular complexity index is 896. The Hall–Kier alpha value is -2.56. The number of fused-ring (bicyclic) bond motifs is 2. The topological polar surface area (TPSA) is 65.2 Å². The first kappa shape index (κ1) is 16.9. The largest absolute Gasteiger partial charge is 0.357 e. The van der Waals surface area contributed by atoms with Crippen LogP contribution < -0.4 is 5.32 Å². The number of para-hydroxylation sites is 1. The second kappa shape index (κ2) is 6.01. The maximum absolute atomic E-state index is 12.9. The van der Waals surface area contributed by atoms with E-state index in [1.165, 1.54) is 0 Å². The van der Waals surface area contributed by atoms with Crippen LogP contribution in [0.1, 0.15) is 37.9 Å². The fourth-order valence-electron chi connectivity index (χ4n) is 4.24. The zero-order chi connectivity index (χ0) is 18.5. The summed E-state index contributed by atoms with van der Waals surface area (Å²) in [6, 6.07) is 7.33. The van der Waals surface area contributed by atoms with Crippen LogP contribution in [0.2, 0.25) is 0 Å². The van der Waals surface area contributed by atoms with Gasteiger partial charge < -0.3 is 15.2 Å². The molecule has 0 radical (unpaired) electrons. The molecule has 136 valence electrons. The lowest BCUT2D eigenvalue weighted by atomic mass is 9.84. The van der Waals surface area contributed by atoms with Crippen LogP contribution >= 0.6 is 0 Å². The summed E-state index contributed by atoms with van der Waals surface area (Å²) in [5, 5.41) is 4.07. The monoisotopic (exact) mass is 351 g/mol. The molecule has 2 aliphatic rings. The fraction of sp³-hybridized carbons (Fsp3) is 0.429. The molecule has 4 rings (SSSR count). The summed E-state index contributed by atoms with van der Waals surface area (Å²) in [5.74, 6) is 0.0243. The highest BCUT2D eigenvalue weighted by molar-refractivity contribution is 5.98. The summed E-state index contributed by atoms with van der Waals surface area (Å²) in [6.07, 6.45) is 4.08. The average molecular weight is 351 g/mol. The summed E-state index contributed by atoms with van der Waals surface area (Å²) in [7, 11) is 0. The van der Waals surface area contributed by atoms with Crippen LogP contribution in [0.3, 0.4) is 0 Å². The molecule has 1 aromatic carbocycles. The van der Waals surface area contributed by atoms with Crippen molar-refractivity contribution in [3.8, 4) is 0 Å². The highest BCUT2D eigenvalue weighted by Crippen LogP contribution is 2.34. The highest BCUT2D eigenvalue weighted by Gasteiger charge is 2.43. The molecule has 5 heteroatoms. The first-order valence-corrected chi connectivity index (χ1v) is 9.27. The van der Waals surface area contributed by atoms with Crippen LogP contribution in [-0.4, -0.2) is 40.3 Å². The summed E-state index contributed by atoms with van der Waals surface area (Å²) in [5.41, 5.74) is 2.92. The van der Waals surface area contributed by atoms with Crippen molar-refractivity contribution >= 4 is 22.7 Å². The van der Waals surface area contributed by atoms with Gasteiger partial charge in [0.1, 0.15) is 12.1 Å². The Kier molecular flexibility index (Phi) is 3.90. The van der Waals surface area contributed by atoms with Crippen molar-refractivity contribution in [3.63, 3.8) is 0 Å².